The number of likely N-dealkylation sites (tertiary alicyclic amines) is 1. The van der Waals surface area contributed by atoms with E-state index in [4.69, 9.17) is 5.73 Å². The van der Waals surface area contributed by atoms with Crippen molar-refractivity contribution in [2.24, 2.45) is 5.73 Å². The van der Waals surface area contributed by atoms with Crippen molar-refractivity contribution < 1.29 is 4.79 Å². The Morgan fingerprint density at radius 1 is 1.50 bits per heavy atom. The van der Waals surface area contributed by atoms with E-state index in [1.54, 1.807) is 6.92 Å². The topological polar surface area (TPSA) is 58.4 Å². The number of hydrogen-bond donors (Lipinski definition) is 2. The first-order valence-corrected chi connectivity index (χ1v) is 6.41. The van der Waals surface area contributed by atoms with E-state index in [0.717, 1.165) is 25.9 Å². The van der Waals surface area contributed by atoms with Gasteiger partial charge in [0.1, 0.15) is 0 Å². The summed E-state index contributed by atoms with van der Waals surface area (Å²) >= 11 is 0. The normalized spacial score (nSPS) is 20.7. The van der Waals surface area contributed by atoms with E-state index in [2.05, 4.69) is 17.1 Å². The van der Waals surface area contributed by atoms with E-state index in [0.29, 0.717) is 6.04 Å². The molecule has 16 heavy (non-hydrogen) atoms. The molecule has 0 spiro atoms. The van der Waals surface area contributed by atoms with Crippen molar-refractivity contribution in [2.75, 3.05) is 19.6 Å². The Morgan fingerprint density at radius 3 is 2.62 bits per heavy atom. The van der Waals surface area contributed by atoms with Crippen molar-refractivity contribution in [1.29, 1.82) is 0 Å². The Bertz CT molecular complexity index is 210. The number of nitrogens with one attached hydrogen (secondary N) is 1. The number of nitrogens with two attached hydrogens (primary N) is 1. The zero-order valence-electron chi connectivity index (χ0n) is 10.5. The second-order valence-corrected chi connectivity index (χ2v) is 4.77. The van der Waals surface area contributed by atoms with Gasteiger partial charge in [-0.1, -0.05) is 13.3 Å². The van der Waals surface area contributed by atoms with Gasteiger partial charge in [-0.3, -0.25) is 4.79 Å². The lowest BCUT2D eigenvalue weighted by Crippen LogP contribution is -2.48. The Labute approximate surface area is 98.6 Å². The van der Waals surface area contributed by atoms with Crippen molar-refractivity contribution in [1.82, 2.24) is 10.2 Å². The van der Waals surface area contributed by atoms with Crippen molar-refractivity contribution in [2.45, 2.75) is 51.6 Å². The SMILES string of the molecule is CCCCN1CCC(NC(=O)C(C)N)CC1. The molecule has 4 nitrogen and oxygen atoms in total. The van der Waals surface area contributed by atoms with Crippen LogP contribution >= 0.6 is 0 Å². The number of rotatable bonds is 5. The van der Waals surface area contributed by atoms with Gasteiger partial charge in [-0.2, -0.15) is 0 Å². The monoisotopic (exact) mass is 227 g/mol. The van der Waals surface area contributed by atoms with Crippen LogP contribution in [0.2, 0.25) is 0 Å². The summed E-state index contributed by atoms with van der Waals surface area (Å²) in [6.45, 7) is 7.35. The van der Waals surface area contributed by atoms with Crippen LogP contribution in [0.25, 0.3) is 0 Å². The molecule has 94 valence electrons. The molecular formula is C12H25N3O. The van der Waals surface area contributed by atoms with Gasteiger partial charge < -0.3 is 16.0 Å². The molecule has 1 saturated heterocycles. The summed E-state index contributed by atoms with van der Waals surface area (Å²) in [5, 5.41) is 3.00. The number of hydrogen-bond acceptors (Lipinski definition) is 3. The summed E-state index contributed by atoms with van der Waals surface area (Å²) in [6, 6.07) is -0.0607. The third-order valence-corrected chi connectivity index (χ3v) is 3.18. The fourth-order valence-electron chi connectivity index (χ4n) is 2.02. The van der Waals surface area contributed by atoms with E-state index < -0.39 is 6.04 Å². The van der Waals surface area contributed by atoms with Gasteiger partial charge in [0.15, 0.2) is 0 Å². The lowest BCUT2D eigenvalue weighted by Gasteiger charge is -2.32. The minimum atomic E-state index is -0.391. The van der Waals surface area contributed by atoms with Crippen LogP contribution in [-0.4, -0.2) is 42.5 Å². The van der Waals surface area contributed by atoms with Crippen LogP contribution in [0.15, 0.2) is 0 Å². The average Bonchev–Trinajstić information content (AvgIpc) is 2.28. The average molecular weight is 227 g/mol. The maximum Gasteiger partial charge on any atom is 0.236 e. The highest BCUT2D eigenvalue weighted by Gasteiger charge is 2.20. The molecule has 0 radical (unpaired) electrons. The Hall–Kier alpha value is -0.610. The summed E-state index contributed by atoms with van der Waals surface area (Å²) in [7, 11) is 0. The highest BCUT2D eigenvalue weighted by molar-refractivity contribution is 5.81. The van der Waals surface area contributed by atoms with Crippen LogP contribution < -0.4 is 11.1 Å². The number of nitrogens with zero attached hydrogens (tertiary/aromatic N) is 1. The van der Waals surface area contributed by atoms with Gasteiger partial charge in [0.05, 0.1) is 6.04 Å². The molecule has 0 aromatic heterocycles. The van der Waals surface area contributed by atoms with E-state index in [-0.39, 0.29) is 5.91 Å². The number of unbranched alkanes of at least 4 members (excludes halogenated alkanes) is 1. The second-order valence-electron chi connectivity index (χ2n) is 4.77. The molecule has 1 fully saturated rings. The lowest BCUT2D eigenvalue weighted by molar-refractivity contribution is -0.123. The van der Waals surface area contributed by atoms with Gasteiger partial charge in [0, 0.05) is 19.1 Å². The summed E-state index contributed by atoms with van der Waals surface area (Å²) in [5.41, 5.74) is 5.52. The standard InChI is InChI=1S/C12H25N3O/c1-3-4-7-15-8-5-11(6-9-15)14-12(16)10(2)13/h10-11H,3-9,13H2,1-2H3,(H,14,16). The molecule has 0 saturated carbocycles. The number of piperidine rings is 1. The van der Waals surface area contributed by atoms with Gasteiger partial charge in [-0.25, -0.2) is 0 Å². The van der Waals surface area contributed by atoms with Crippen LogP contribution in [0.3, 0.4) is 0 Å². The molecule has 0 aliphatic carbocycles. The zero-order chi connectivity index (χ0) is 12.0. The Kier molecular flexibility index (Phi) is 5.77. The van der Waals surface area contributed by atoms with E-state index in [1.165, 1.54) is 19.4 Å². The largest absolute Gasteiger partial charge is 0.352 e. The van der Waals surface area contributed by atoms with E-state index in [9.17, 15) is 4.79 Å². The maximum atomic E-state index is 11.4. The summed E-state index contributed by atoms with van der Waals surface area (Å²) < 4.78 is 0. The van der Waals surface area contributed by atoms with Gasteiger partial charge in [0.2, 0.25) is 5.91 Å². The van der Waals surface area contributed by atoms with Crippen molar-refractivity contribution in [3.63, 3.8) is 0 Å². The van der Waals surface area contributed by atoms with Crippen LogP contribution in [0.4, 0.5) is 0 Å². The summed E-state index contributed by atoms with van der Waals surface area (Å²) in [6.07, 6.45) is 4.64. The number of carbonyl (C=O) groups excluding carboxylic acids is 1. The fourth-order valence-corrected chi connectivity index (χ4v) is 2.02. The van der Waals surface area contributed by atoms with Crippen molar-refractivity contribution in [3.05, 3.63) is 0 Å². The minimum Gasteiger partial charge on any atom is -0.352 e. The first-order valence-electron chi connectivity index (χ1n) is 6.41. The molecule has 0 aromatic carbocycles. The first-order chi connectivity index (χ1) is 7.63. The molecule has 3 N–H and O–H groups in total. The smallest absolute Gasteiger partial charge is 0.236 e. The van der Waals surface area contributed by atoms with Crippen LogP contribution in [-0.2, 0) is 4.79 Å². The lowest BCUT2D eigenvalue weighted by atomic mass is 10.0. The highest BCUT2D eigenvalue weighted by atomic mass is 16.2. The first kappa shape index (κ1) is 13.5. The number of amides is 1. The molecule has 1 atom stereocenters. The van der Waals surface area contributed by atoms with Crippen molar-refractivity contribution in [3.8, 4) is 0 Å². The van der Waals surface area contributed by atoms with Gasteiger partial charge in [-0.15, -0.1) is 0 Å². The molecule has 0 bridgehead atoms. The van der Waals surface area contributed by atoms with Gasteiger partial charge in [0.25, 0.3) is 0 Å². The second kappa shape index (κ2) is 6.86. The highest BCUT2D eigenvalue weighted by Crippen LogP contribution is 2.11. The Morgan fingerprint density at radius 2 is 2.12 bits per heavy atom. The van der Waals surface area contributed by atoms with E-state index in [1.807, 2.05) is 0 Å². The molecule has 1 heterocycles. The zero-order valence-corrected chi connectivity index (χ0v) is 10.5. The maximum absolute atomic E-state index is 11.4. The summed E-state index contributed by atoms with van der Waals surface area (Å²) in [4.78, 5) is 13.9. The molecule has 1 unspecified atom stereocenters. The van der Waals surface area contributed by atoms with Crippen LogP contribution in [0, 0.1) is 0 Å². The van der Waals surface area contributed by atoms with Gasteiger partial charge >= 0.3 is 0 Å². The quantitative estimate of drug-likeness (QED) is 0.727. The molecule has 4 heteroatoms. The van der Waals surface area contributed by atoms with Crippen molar-refractivity contribution >= 4 is 5.91 Å². The van der Waals surface area contributed by atoms with Gasteiger partial charge in [-0.05, 0) is 32.7 Å². The van der Waals surface area contributed by atoms with Crippen LogP contribution in [0.1, 0.15) is 39.5 Å². The molecular weight excluding hydrogens is 202 g/mol. The minimum absolute atomic E-state index is 0.0213. The summed E-state index contributed by atoms with van der Waals surface area (Å²) in [5.74, 6) is -0.0213. The van der Waals surface area contributed by atoms with Crippen LogP contribution in [0.5, 0.6) is 0 Å². The molecule has 1 rings (SSSR count). The third kappa shape index (κ3) is 4.49. The third-order valence-electron chi connectivity index (χ3n) is 3.18. The van der Waals surface area contributed by atoms with E-state index >= 15 is 0 Å². The Balaban J connectivity index is 2.19. The fraction of sp³-hybridized carbons (Fsp3) is 0.917. The molecule has 0 aromatic rings. The molecule has 1 amide bonds. The molecule has 1 aliphatic rings. The predicted molar refractivity (Wildman–Crippen MR) is 66.2 cm³/mol. The predicted octanol–water partition coefficient (Wildman–Crippen LogP) is 0.714. The number of carbonyl (C=O) groups is 1. The molecule has 1 aliphatic heterocycles.